The highest BCUT2D eigenvalue weighted by Crippen LogP contribution is 2.01. The SMILES string of the molecule is CCCC(=O)NCc1cc(C(=O)O)ccn1. The minimum atomic E-state index is -0.997. The van der Waals surface area contributed by atoms with Crippen molar-refractivity contribution in [3.05, 3.63) is 29.6 Å². The molecule has 0 aromatic carbocycles. The molecule has 0 spiro atoms. The molecule has 0 fully saturated rings. The van der Waals surface area contributed by atoms with E-state index in [1.807, 2.05) is 6.92 Å². The predicted octanol–water partition coefficient (Wildman–Crippen LogP) is 1.20. The van der Waals surface area contributed by atoms with E-state index in [-0.39, 0.29) is 18.0 Å². The second-order valence-electron chi connectivity index (χ2n) is 3.37. The van der Waals surface area contributed by atoms with Crippen LogP contribution in [0.1, 0.15) is 35.8 Å². The van der Waals surface area contributed by atoms with Crippen LogP contribution in [0.2, 0.25) is 0 Å². The minimum absolute atomic E-state index is 0.0509. The number of aromatic nitrogens is 1. The molecular formula is C11H14N2O3. The Morgan fingerprint density at radius 1 is 1.50 bits per heavy atom. The third-order valence-electron chi connectivity index (χ3n) is 2.01. The van der Waals surface area contributed by atoms with Crippen LogP contribution >= 0.6 is 0 Å². The number of rotatable bonds is 5. The Morgan fingerprint density at radius 2 is 2.25 bits per heavy atom. The van der Waals surface area contributed by atoms with Crippen LogP contribution in [0.3, 0.4) is 0 Å². The van der Waals surface area contributed by atoms with Gasteiger partial charge in [0, 0.05) is 12.6 Å². The Labute approximate surface area is 93.5 Å². The highest BCUT2D eigenvalue weighted by Gasteiger charge is 2.05. The van der Waals surface area contributed by atoms with Gasteiger partial charge in [0.25, 0.3) is 0 Å². The smallest absolute Gasteiger partial charge is 0.335 e. The first-order chi connectivity index (χ1) is 7.63. The molecular weight excluding hydrogens is 208 g/mol. The molecule has 0 aliphatic carbocycles. The zero-order valence-corrected chi connectivity index (χ0v) is 9.06. The van der Waals surface area contributed by atoms with Crippen molar-refractivity contribution in [2.45, 2.75) is 26.3 Å². The summed E-state index contributed by atoms with van der Waals surface area (Å²) in [4.78, 5) is 25.8. The van der Waals surface area contributed by atoms with E-state index >= 15 is 0 Å². The van der Waals surface area contributed by atoms with Gasteiger partial charge in [0.1, 0.15) is 0 Å². The zero-order chi connectivity index (χ0) is 12.0. The number of nitrogens with one attached hydrogen (secondary N) is 1. The van der Waals surface area contributed by atoms with Gasteiger partial charge in [-0.1, -0.05) is 6.92 Å². The molecule has 1 heterocycles. The van der Waals surface area contributed by atoms with Gasteiger partial charge in [-0.2, -0.15) is 0 Å². The number of nitrogens with zero attached hydrogens (tertiary/aromatic N) is 1. The fraction of sp³-hybridized carbons (Fsp3) is 0.364. The number of hydrogen-bond donors (Lipinski definition) is 2. The van der Waals surface area contributed by atoms with E-state index in [0.29, 0.717) is 12.1 Å². The lowest BCUT2D eigenvalue weighted by Crippen LogP contribution is -2.22. The summed E-state index contributed by atoms with van der Waals surface area (Å²) in [6, 6.07) is 2.87. The van der Waals surface area contributed by atoms with Crippen molar-refractivity contribution in [1.29, 1.82) is 0 Å². The summed E-state index contributed by atoms with van der Waals surface area (Å²) < 4.78 is 0. The number of carbonyl (C=O) groups excluding carboxylic acids is 1. The molecule has 86 valence electrons. The molecule has 0 atom stereocenters. The van der Waals surface area contributed by atoms with Crippen LogP contribution in [-0.2, 0) is 11.3 Å². The summed E-state index contributed by atoms with van der Waals surface area (Å²) in [6.07, 6.45) is 2.68. The van der Waals surface area contributed by atoms with Gasteiger partial charge in [-0.15, -0.1) is 0 Å². The van der Waals surface area contributed by atoms with E-state index in [2.05, 4.69) is 10.3 Å². The fourth-order valence-corrected chi connectivity index (χ4v) is 1.21. The van der Waals surface area contributed by atoms with Crippen molar-refractivity contribution < 1.29 is 14.7 Å². The van der Waals surface area contributed by atoms with E-state index < -0.39 is 5.97 Å². The van der Waals surface area contributed by atoms with E-state index in [4.69, 9.17) is 5.11 Å². The second-order valence-corrected chi connectivity index (χ2v) is 3.37. The standard InChI is InChI=1S/C11H14N2O3/c1-2-3-10(14)13-7-9-6-8(11(15)16)4-5-12-9/h4-6H,2-3,7H2,1H3,(H,13,14)(H,15,16). The van der Waals surface area contributed by atoms with Gasteiger partial charge in [0.05, 0.1) is 17.8 Å². The third-order valence-corrected chi connectivity index (χ3v) is 2.01. The fourth-order valence-electron chi connectivity index (χ4n) is 1.21. The lowest BCUT2D eigenvalue weighted by Gasteiger charge is -2.04. The Hall–Kier alpha value is -1.91. The maximum Gasteiger partial charge on any atom is 0.335 e. The molecule has 0 bridgehead atoms. The quantitative estimate of drug-likeness (QED) is 0.784. The van der Waals surface area contributed by atoms with Crippen molar-refractivity contribution in [3.63, 3.8) is 0 Å². The molecule has 2 N–H and O–H groups in total. The van der Waals surface area contributed by atoms with Crippen LogP contribution in [0, 0.1) is 0 Å². The molecule has 5 heteroatoms. The zero-order valence-electron chi connectivity index (χ0n) is 9.06. The molecule has 1 rings (SSSR count). The van der Waals surface area contributed by atoms with Gasteiger partial charge >= 0.3 is 5.97 Å². The van der Waals surface area contributed by atoms with Gasteiger partial charge in [-0.3, -0.25) is 9.78 Å². The van der Waals surface area contributed by atoms with Gasteiger partial charge in [0.2, 0.25) is 5.91 Å². The lowest BCUT2D eigenvalue weighted by molar-refractivity contribution is -0.121. The molecule has 5 nitrogen and oxygen atoms in total. The summed E-state index contributed by atoms with van der Waals surface area (Å²) >= 11 is 0. The minimum Gasteiger partial charge on any atom is -0.478 e. The van der Waals surface area contributed by atoms with E-state index in [1.54, 1.807) is 0 Å². The molecule has 1 amide bonds. The molecule has 0 aliphatic rings. The van der Waals surface area contributed by atoms with Crippen molar-refractivity contribution in [2.75, 3.05) is 0 Å². The Balaban J connectivity index is 2.57. The molecule has 0 unspecified atom stereocenters. The lowest BCUT2D eigenvalue weighted by atomic mass is 10.2. The van der Waals surface area contributed by atoms with Gasteiger partial charge in [-0.25, -0.2) is 4.79 Å². The summed E-state index contributed by atoms with van der Waals surface area (Å²) in [6.45, 7) is 2.18. The summed E-state index contributed by atoms with van der Waals surface area (Å²) in [7, 11) is 0. The van der Waals surface area contributed by atoms with Gasteiger partial charge in [-0.05, 0) is 18.6 Å². The molecule has 1 aromatic heterocycles. The molecule has 0 saturated carbocycles. The van der Waals surface area contributed by atoms with Gasteiger partial charge in [0.15, 0.2) is 0 Å². The Kier molecular flexibility index (Phi) is 4.44. The van der Waals surface area contributed by atoms with Crippen LogP contribution in [0.25, 0.3) is 0 Å². The number of hydrogen-bond acceptors (Lipinski definition) is 3. The summed E-state index contributed by atoms with van der Waals surface area (Å²) in [5.41, 5.74) is 0.721. The van der Waals surface area contributed by atoms with Crippen LogP contribution in [-0.4, -0.2) is 22.0 Å². The summed E-state index contributed by atoms with van der Waals surface area (Å²) in [5, 5.41) is 11.4. The van der Waals surface area contributed by atoms with Crippen molar-refractivity contribution >= 4 is 11.9 Å². The average Bonchev–Trinajstić information content (AvgIpc) is 2.27. The average molecular weight is 222 g/mol. The number of carbonyl (C=O) groups is 2. The number of amides is 1. The molecule has 0 aliphatic heterocycles. The molecule has 16 heavy (non-hydrogen) atoms. The Morgan fingerprint density at radius 3 is 2.88 bits per heavy atom. The normalized spacial score (nSPS) is 9.81. The first-order valence-electron chi connectivity index (χ1n) is 5.08. The van der Waals surface area contributed by atoms with E-state index in [1.165, 1.54) is 18.3 Å². The number of carboxylic acids is 1. The van der Waals surface area contributed by atoms with Crippen LogP contribution in [0.5, 0.6) is 0 Å². The molecule has 0 saturated heterocycles. The number of carboxylic acid groups (broad SMARTS) is 1. The van der Waals surface area contributed by atoms with E-state index in [9.17, 15) is 9.59 Å². The van der Waals surface area contributed by atoms with Crippen LogP contribution in [0.4, 0.5) is 0 Å². The molecule has 0 radical (unpaired) electrons. The number of pyridine rings is 1. The van der Waals surface area contributed by atoms with Gasteiger partial charge < -0.3 is 10.4 Å². The topological polar surface area (TPSA) is 79.3 Å². The summed E-state index contributed by atoms with van der Waals surface area (Å²) in [5.74, 6) is -1.05. The molecule has 1 aromatic rings. The van der Waals surface area contributed by atoms with Crippen molar-refractivity contribution in [1.82, 2.24) is 10.3 Å². The van der Waals surface area contributed by atoms with Crippen molar-refractivity contribution in [3.8, 4) is 0 Å². The van der Waals surface area contributed by atoms with E-state index in [0.717, 1.165) is 6.42 Å². The predicted molar refractivity (Wildman–Crippen MR) is 58.0 cm³/mol. The highest BCUT2D eigenvalue weighted by molar-refractivity contribution is 5.87. The first-order valence-corrected chi connectivity index (χ1v) is 5.08. The highest BCUT2D eigenvalue weighted by atomic mass is 16.4. The van der Waals surface area contributed by atoms with Crippen LogP contribution < -0.4 is 5.32 Å². The monoisotopic (exact) mass is 222 g/mol. The number of aromatic carboxylic acids is 1. The maximum absolute atomic E-state index is 11.2. The largest absolute Gasteiger partial charge is 0.478 e. The van der Waals surface area contributed by atoms with Crippen LogP contribution in [0.15, 0.2) is 18.3 Å². The second kappa shape index (κ2) is 5.85. The van der Waals surface area contributed by atoms with Crippen molar-refractivity contribution in [2.24, 2.45) is 0 Å². The third kappa shape index (κ3) is 3.68. The Bertz CT molecular complexity index is 391. The maximum atomic E-state index is 11.2. The first kappa shape index (κ1) is 12.2.